The number of hydrogen-bond acceptors (Lipinski definition) is 5. The van der Waals surface area contributed by atoms with Crippen molar-refractivity contribution in [1.29, 1.82) is 0 Å². The molecule has 1 amide bonds. The summed E-state index contributed by atoms with van der Waals surface area (Å²) in [7, 11) is 0. The molecule has 0 radical (unpaired) electrons. The Bertz CT molecular complexity index is 937. The molecule has 0 aliphatic carbocycles. The molecule has 136 valence electrons. The quantitative estimate of drug-likeness (QED) is 0.497. The molecule has 0 bridgehead atoms. The van der Waals surface area contributed by atoms with Crippen molar-refractivity contribution in [2.75, 3.05) is 0 Å². The van der Waals surface area contributed by atoms with Gasteiger partial charge in [-0.2, -0.15) is 0 Å². The van der Waals surface area contributed by atoms with Gasteiger partial charge in [0.25, 0.3) is 0 Å². The molecule has 2 heterocycles. The molecule has 6 heteroatoms. The Kier molecular flexibility index (Phi) is 5.63. The van der Waals surface area contributed by atoms with E-state index in [0.717, 1.165) is 26.6 Å². The number of aryl methyl sites for hydroxylation is 3. The number of thioether (sulfide) groups is 1. The zero-order valence-electron chi connectivity index (χ0n) is 15.7. The molecule has 0 saturated carbocycles. The van der Waals surface area contributed by atoms with Gasteiger partial charge in [-0.15, -0.1) is 11.3 Å². The number of rotatable bonds is 5. The van der Waals surface area contributed by atoms with Crippen molar-refractivity contribution in [3.63, 3.8) is 0 Å². The number of nitrogens with one attached hydrogen (secondary N) is 1. The molecule has 0 fully saturated rings. The molecule has 0 aliphatic rings. The second-order valence-electron chi connectivity index (χ2n) is 6.44. The molecular weight excluding hydrogens is 362 g/mol. The average Bonchev–Trinajstić information content (AvgIpc) is 2.89. The van der Waals surface area contributed by atoms with E-state index in [1.54, 1.807) is 11.3 Å². The van der Waals surface area contributed by atoms with Gasteiger partial charge in [-0.1, -0.05) is 42.1 Å². The van der Waals surface area contributed by atoms with E-state index in [4.69, 9.17) is 0 Å². The number of nitrogens with zero attached hydrogens (tertiary/aromatic N) is 2. The molecule has 1 aromatic carbocycles. The Hall–Kier alpha value is -1.92. The number of aromatic nitrogens is 2. The van der Waals surface area contributed by atoms with Gasteiger partial charge in [-0.05, 0) is 45.7 Å². The van der Waals surface area contributed by atoms with Crippen molar-refractivity contribution >= 4 is 39.2 Å². The zero-order chi connectivity index (χ0) is 18.8. The van der Waals surface area contributed by atoms with E-state index in [0.29, 0.717) is 0 Å². The van der Waals surface area contributed by atoms with Gasteiger partial charge >= 0.3 is 0 Å². The summed E-state index contributed by atoms with van der Waals surface area (Å²) in [6.07, 6.45) is 0. The van der Waals surface area contributed by atoms with Crippen molar-refractivity contribution in [3.8, 4) is 0 Å². The van der Waals surface area contributed by atoms with Crippen molar-refractivity contribution in [2.24, 2.45) is 0 Å². The van der Waals surface area contributed by atoms with Gasteiger partial charge in [-0.3, -0.25) is 4.79 Å². The number of hydrogen-bond donors (Lipinski definition) is 1. The maximum absolute atomic E-state index is 12.7. The third-order valence-corrected chi connectivity index (χ3v) is 6.61. The number of fused-ring (bicyclic) bond motifs is 1. The first-order chi connectivity index (χ1) is 12.4. The number of carbonyl (C=O) groups is 1. The van der Waals surface area contributed by atoms with Gasteiger partial charge in [0.05, 0.1) is 11.3 Å². The lowest BCUT2D eigenvalue weighted by molar-refractivity contribution is -0.120. The molecule has 3 rings (SSSR count). The lowest BCUT2D eigenvalue weighted by atomic mass is 10.1. The molecule has 1 N–H and O–H groups in total. The largest absolute Gasteiger partial charge is 0.349 e. The van der Waals surface area contributed by atoms with Crippen LogP contribution in [0.4, 0.5) is 0 Å². The van der Waals surface area contributed by atoms with Crippen LogP contribution < -0.4 is 5.32 Å². The summed E-state index contributed by atoms with van der Waals surface area (Å²) < 4.78 is 0. The fourth-order valence-corrected chi connectivity index (χ4v) is 4.98. The van der Waals surface area contributed by atoms with E-state index < -0.39 is 0 Å². The SMILES string of the molecule is Cc1nc(S[C@@H](C)C(=O)N[C@@H](C)c2ccccc2)c2c(C)c(C)sc2n1. The molecule has 0 unspecified atom stereocenters. The van der Waals surface area contributed by atoms with Crippen LogP contribution in [0.15, 0.2) is 35.4 Å². The Morgan fingerprint density at radius 2 is 1.81 bits per heavy atom. The molecule has 4 nitrogen and oxygen atoms in total. The summed E-state index contributed by atoms with van der Waals surface area (Å²) in [6, 6.07) is 9.97. The van der Waals surface area contributed by atoms with Gasteiger partial charge in [-0.25, -0.2) is 9.97 Å². The van der Waals surface area contributed by atoms with E-state index >= 15 is 0 Å². The average molecular weight is 386 g/mol. The topological polar surface area (TPSA) is 54.9 Å². The molecule has 2 aromatic heterocycles. The van der Waals surface area contributed by atoms with Crippen molar-refractivity contribution in [3.05, 3.63) is 52.2 Å². The molecule has 2 atom stereocenters. The molecule has 26 heavy (non-hydrogen) atoms. The monoisotopic (exact) mass is 385 g/mol. The van der Waals surface area contributed by atoms with Crippen LogP contribution >= 0.6 is 23.1 Å². The third kappa shape index (κ3) is 3.91. The number of carbonyl (C=O) groups excluding carboxylic acids is 1. The maximum Gasteiger partial charge on any atom is 0.233 e. The minimum Gasteiger partial charge on any atom is -0.349 e. The molecule has 0 saturated heterocycles. The third-order valence-electron chi connectivity index (χ3n) is 4.42. The van der Waals surface area contributed by atoms with Crippen molar-refractivity contribution in [2.45, 2.75) is 50.9 Å². The fourth-order valence-electron chi connectivity index (χ4n) is 2.78. The van der Waals surface area contributed by atoms with Gasteiger partial charge in [0.15, 0.2) is 0 Å². The Morgan fingerprint density at radius 1 is 1.12 bits per heavy atom. The second kappa shape index (κ2) is 7.76. The summed E-state index contributed by atoms with van der Waals surface area (Å²) in [6.45, 7) is 10.0. The maximum atomic E-state index is 12.7. The van der Waals surface area contributed by atoms with Crippen LogP contribution in [0.25, 0.3) is 10.2 Å². The predicted octanol–water partition coefficient (Wildman–Crippen LogP) is 4.97. The summed E-state index contributed by atoms with van der Waals surface area (Å²) >= 11 is 3.19. The summed E-state index contributed by atoms with van der Waals surface area (Å²) in [5.74, 6) is 0.756. The standard InChI is InChI=1S/C20H23N3OS2/c1-11-13(3)25-19-17(11)20(23-15(5)22-19)26-14(4)18(24)21-12(2)16-9-7-6-8-10-16/h6-10,12,14H,1-5H3,(H,21,24)/t12-,14-/m0/s1. The van der Waals surface area contributed by atoms with Gasteiger partial charge in [0.2, 0.25) is 5.91 Å². The van der Waals surface area contributed by atoms with Crippen LogP contribution in [0.1, 0.15) is 41.7 Å². The summed E-state index contributed by atoms with van der Waals surface area (Å²) in [5, 5.41) is 4.84. The minimum atomic E-state index is -0.238. The highest BCUT2D eigenvalue weighted by Gasteiger charge is 2.21. The van der Waals surface area contributed by atoms with E-state index in [-0.39, 0.29) is 17.2 Å². The van der Waals surface area contributed by atoms with Crippen LogP contribution in [-0.2, 0) is 4.79 Å². The van der Waals surface area contributed by atoms with Crippen LogP contribution in [0.3, 0.4) is 0 Å². The predicted molar refractivity (Wildman–Crippen MR) is 110 cm³/mol. The van der Waals surface area contributed by atoms with E-state index in [9.17, 15) is 4.79 Å². The van der Waals surface area contributed by atoms with E-state index in [1.807, 2.05) is 51.1 Å². The molecule has 0 spiro atoms. The number of thiophene rings is 1. The first kappa shape index (κ1) is 18.9. The van der Waals surface area contributed by atoms with Gasteiger partial charge < -0.3 is 5.32 Å². The summed E-state index contributed by atoms with van der Waals surface area (Å²) in [4.78, 5) is 24.1. The Labute approximate surface area is 162 Å². The number of benzene rings is 1. The molecular formula is C20H23N3OS2. The fraction of sp³-hybridized carbons (Fsp3) is 0.350. The summed E-state index contributed by atoms with van der Waals surface area (Å²) in [5.41, 5.74) is 2.31. The lowest BCUT2D eigenvalue weighted by Gasteiger charge is -2.18. The first-order valence-corrected chi connectivity index (χ1v) is 10.3. The van der Waals surface area contributed by atoms with Crippen molar-refractivity contribution < 1.29 is 4.79 Å². The second-order valence-corrected chi connectivity index (χ2v) is 8.97. The Morgan fingerprint density at radius 3 is 2.50 bits per heavy atom. The molecule has 0 aliphatic heterocycles. The number of amides is 1. The lowest BCUT2D eigenvalue weighted by Crippen LogP contribution is -2.33. The van der Waals surface area contributed by atoms with Crippen molar-refractivity contribution in [1.82, 2.24) is 15.3 Å². The van der Waals surface area contributed by atoms with Gasteiger partial charge in [0, 0.05) is 10.3 Å². The first-order valence-electron chi connectivity index (χ1n) is 8.63. The highest BCUT2D eigenvalue weighted by atomic mass is 32.2. The normalized spacial score (nSPS) is 13.6. The van der Waals surface area contributed by atoms with Crippen LogP contribution in [-0.4, -0.2) is 21.1 Å². The Balaban J connectivity index is 1.78. The molecule has 3 aromatic rings. The van der Waals surface area contributed by atoms with Crippen LogP contribution in [0, 0.1) is 20.8 Å². The smallest absolute Gasteiger partial charge is 0.233 e. The highest BCUT2D eigenvalue weighted by Crippen LogP contribution is 2.36. The van der Waals surface area contributed by atoms with E-state index in [2.05, 4.69) is 29.1 Å². The van der Waals surface area contributed by atoms with E-state index in [1.165, 1.54) is 22.2 Å². The minimum absolute atomic E-state index is 0.0142. The van der Waals surface area contributed by atoms with Gasteiger partial charge in [0.1, 0.15) is 15.7 Å². The highest BCUT2D eigenvalue weighted by molar-refractivity contribution is 8.00. The van der Waals surface area contributed by atoms with Crippen LogP contribution in [0.2, 0.25) is 0 Å². The van der Waals surface area contributed by atoms with Crippen LogP contribution in [0.5, 0.6) is 0 Å². The zero-order valence-corrected chi connectivity index (χ0v) is 17.3.